The summed E-state index contributed by atoms with van der Waals surface area (Å²) in [7, 11) is 5.80. The van der Waals surface area contributed by atoms with Crippen LogP contribution in [0.15, 0.2) is 30.3 Å². The van der Waals surface area contributed by atoms with Crippen molar-refractivity contribution >= 4 is 7.85 Å². The molecule has 2 bridgehead atoms. The molecule has 2 aliphatic rings. The van der Waals surface area contributed by atoms with Gasteiger partial charge in [0.15, 0.2) is 0 Å². The Hall–Kier alpha value is -0.875. The molecular formula is C13H15BO4. The summed E-state index contributed by atoms with van der Waals surface area (Å²) in [5, 5.41) is 9.49. The topological polar surface area (TPSA) is 47.9 Å². The van der Waals surface area contributed by atoms with E-state index in [2.05, 4.69) is 0 Å². The Balaban J connectivity index is 1.69. The number of benzene rings is 1. The van der Waals surface area contributed by atoms with Gasteiger partial charge in [-0.2, -0.15) is 0 Å². The summed E-state index contributed by atoms with van der Waals surface area (Å²) in [4.78, 5) is 0. The molecule has 0 aliphatic carbocycles. The van der Waals surface area contributed by atoms with E-state index in [1.165, 1.54) is 0 Å². The summed E-state index contributed by atoms with van der Waals surface area (Å²) in [6.45, 7) is 0.654. The smallest absolute Gasteiger partial charge is 0.142 e. The lowest BCUT2D eigenvalue weighted by molar-refractivity contribution is -0.141. The van der Waals surface area contributed by atoms with Crippen molar-refractivity contribution in [3.05, 3.63) is 35.9 Å². The number of hydrogen-bond donors (Lipinski definition) is 1. The number of fused-ring (bicyclic) bond motifs is 2. The average Bonchev–Trinajstić information content (AvgIpc) is 2.89. The lowest BCUT2D eigenvalue weighted by atomic mass is 9.92. The Morgan fingerprint density at radius 3 is 2.83 bits per heavy atom. The van der Waals surface area contributed by atoms with Crippen molar-refractivity contribution in [3.63, 3.8) is 0 Å². The van der Waals surface area contributed by atoms with Crippen molar-refractivity contribution in [3.8, 4) is 0 Å². The van der Waals surface area contributed by atoms with Gasteiger partial charge >= 0.3 is 0 Å². The number of ether oxygens (including phenoxy) is 3. The summed E-state index contributed by atoms with van der Waals surface area (Å²) >= 11 is 0. The molecule has 0 amide bonds. The van der Waals surface area contributed by atoms with Gasteiger partial charge < -0.3 is 19.3 Å². The van der Waals surface area contributed by atoms with E-state index in [4.69, 9.17) is 22.1 Å². The van der Waals surface area contributed by atoms with E-state index in [0.29, 0.717) is 13.2 Å². The quantitative estimate of drug-likeness (QED) is 0.772. The van der Waals surface area contributed by atoms with Gasteiger partial charge in [0.25, 0.3) is 0 Å². The number of aliphatic hydroxyl groups is 1. The summed E-state index contributed by atoms with van der Waals surface area (Å²) in [6, 6.07) is 9.34. The van der Waals surface area contributed by atoms with Gasteiger partial charge in [-0.15, -0.1) is 0 Å². The van der Waals surface area contributed by atoms with E-state index < -0.39 is 11.6 Å². The zero-order valence-electron chi connectivity index (χ0n) is 9.99. The molecule has 18 heavy (non-hydrogen) atoms. The zero-order chi connectivity index (χ0) is 12.6. The fourth-order valence-electron chi connectivity index (χ4n) is 2.59. The highest BCUT2D eigenvalue weighted by Crippen LogP contribution is 2.40. The van der Waals surface area contributed by atoms with Crippen LogP contribution in [-0.2, 0) is 20.8 Å². The van der Waals surface area contributed by atoms with Crippen molar-refractivity contribution in [2.45, 2.75) is 30.4 Å². The van der Waals surface area contributed by atoms with Crippen molar-refractivity contribution < 1.29 is 19.3 Å². The van der Waals surface area contributed by atoms with E-state index in [-0.39, 0.29) is 18.8 Å². The first kappa shape index (κ1) is 12.2. The van der Waals surface area contributed by atoms with Crippen LogP contribution in [0.3, 0.4) is 0 Å². The van der Waals surface area contributed by atoms with Crippen LogP contribution in [0.25, 0.3) is 0 Å². The van der Waals surface area contributed by atoms with Gasteiger partial charge in [-0.3, -0.25) is 0 Å². The minimum absolute atomic E-state index is 0.142. The molecule has 0 unspecified atom stereocenters. The molecule has 4 atom stereocenters. The minimum atomic E-state index is -0.793. The minimum Gasteiger partial charge on any atom is -0.393 e. The van der Waals surface area contributed by atoms with Crippen LogP contribution in [0.2, 0.25) is 0 Å². The van der Waals surface area contributed by atoms with E-state index in [1.54, 1.807) is 0 Å². The van der Waals surface area contributed by atoms with Crippen molar-refractivity contribution in [2.75, 3.05) is 13.2 Å². The molecule has 94 valence electrons. The number of hydrogen-bond acceptors (Lipinski definition) is 4. The number of aliphatic hydroxyl groups excluding tert-OH is 1. The van der Waals surface area contributed by atoms with E-state index in [9.17, 15) is 5.11 Å². The molecular weight excluding hydrogens is 231 g/mol. The van der Waals surface area contributed by atoms with Crippen LogP contribution in [-0.4, -0.2) is 50.0 Å². The normalized spacial score (nSPS) is 38.2. The Labute approximate surface area is 107 Å². The van der Waals surface area contributed by atoms with Crippen LogP contribution >= 0.6 is 0 Å². The first-order valence-electron chi connectivity index (χ1n) is 6.06. The average molecular weight is 246 g/mol. The predicted octanol–water partition coefficient (Wildman–Crippen LogP) is 0.226. The third-order valence-electron chi connectivity index (χ3n) is 3.57. The summed E-state index contributed by atoms with van der Waals surface area (Å²) in [6.07, 6.45) is -0.599. The standard InChI is InChI=1S/C13H15BO4/c14-12-10-11(13(7-15,18-12)8-17-10)16-6-9-4-2-1-3-5-9/h1-5,10-12,15H,6-8H2/t10-,11+,12-,13+/m1/s1. The highest BCUT2D eigenvalue weighted by molar-refractivity contribution is 6.11. The van der Waals surface area contributed by atoms with E-state index >= 15 is 0 Å². The van der Waals surface area contributed by atoms with Crippen LogP contribution in [0, 0.1) is 0 Å². The molecule has 2 saturated heterocycles. The Morgan fingerprint density at radius 1 is 1.39 bits per heavy atom. The van der Waals surface area contributed by atoms with Gasteiger partial charge in [0.1, 0.15) is 25.7 Å². The second-order valence-electron chi connectivity index (χ2n) is 4.80. The highest BCUT2D eigenvalue weighted by Gasteiger charge is 2.60. The largest absolute Gasteiger partial charge is 0.393 e. The summed E-state index contributed by atoms with van der Waals surface area (Å²) in [5.41, 5.74) is 0.282. The van der Waals surface area contributed by atoms with Gasteiger partial charge in [-0.05, 0) is 5.56 Å². The van der Waals surface area contributed by atoms with Crippen LogP contribution in [0.4, 0.5) is 0 Å². The lowest BCUT2D eigenvalue weighted by Crippen LogP contribution is -2.45. The Kier molecular flexibility index (Phi) is 3.15. The van der Waals surface area contributed by atoms with Gasteiger partial charge in [-0.25, -0.2) is 0 Å². The van der Waals surface area contributed by atoms with E-state index in [0.717, 1.165) is 5.56 Å². The molecule has 1 aromatic rings. The first-order chi connectivity index (χ1) is 8.75. The summed E-state index contributed by atoms with van der Waals surface area (Å²) < 4.78 is 17.0. The van der Waals surface area contributed by atoms with Gasteiger partial charge in [0, 0.05) is 6.00 Å². The van der Waals surface area contributed by atoms with Gasteiger partial charge in [0.2, 0.25) is 0 Å². The molecule has 3 rings (SSSR count). The fourth-order valence-corrected chi connectivity index (χ4v) is 2.59. The van der Waals surface area contributed by atoms with E-state index in [1.807, 2.05) is 30.3 Å². The van der Waals surface area contributed by atoms with Gasteiger partial charge in [-0.1, -0.05) is 30.3 Å². The SMILES string of the molecule is [B][C@@H]1O[C@@]2(CO)CO[C@@H]1[C@@H]2OCc1ccccc1. The molecule has 0 saturated carbocycles. The second-order valence-corrected chi connectivity index (χ2v) is 4.80. The fraction of sp³-hybridized carbons (Fsp3) is 0.538. The molecule has 1 aromatic carbocycles. The van der Waals surface area contributed by atoms with Crippen LogP contribution in [0.1, 0.15) is 5.56 Å². The molecule has 2 heterocycles. The third kappa shape index (κ3) is 1.87. The summed E-state index contributed by atoms with van der Waals surface area (Å²) in [5.74, 6) is 0. The van der Waals surface area contributed by atoms with Crippen molar-refractivity contribution in [1.82, 2.24) is 0 Å². The van der Waals surface area contributed by atoms with Crippen LogP contribution < -0.4 is 0 Å². The molecule has 2 fully saturated rings. The maximum Gasteiger partial charge on any atom is 0.142 e. The Bertz CT molecular complexity index is 413. The van der Waals surface area contributed by atoms with Gasteiger partial charge in [0.05, 0.1) is 19.8 Å². The Morgan fingerprint density at radius 2 is 2.17 bits per heavy atom. The van der Waals surface area contributed by atoms with Crippen LogP contribution in [0.5, 0.6) is 0 Å². The third-order valence-corrected chi connectivity index (χ3v) is 3.57. The molecule has 0 spiro atoms. The first-order valence-corrected chi connectivity index (χ1v) is 6.06. The van der Waals surface area contributed by atoms with Crippen molar-refractivity contribution in [2.24, 2.45) is 0 Å². The predicted molar refractivity (Wildman–Crippen MR) is 65.2 cm³/mol. The second kappa shape index (κ2) is 4.66. The lowest BCUT2D eigenvalue weighted by Gasteiger charge is -2.28. The highest BCUT2D eigenvalue weighted by atomic mass is 16.7. The maximum atomic E-state index is 9.49. The molecule has 1 N–H and O–H groups in total. The van der Waals surface area contributed by atoms with Crippen molar-refractivity contribution in [1.29, 1.82) is 0 Å². The molecule has 2 aliphatic heterocycles. The molecule has 0 aromatic heterocycles. The molecule has 4 nitrogen and oxygen atoms in total. The number of rotatable bonds is 4. The zero-order valence-corrected chi connectivity index (χ0v) is 9.99. The maximum absolute atomic E-state index is 9.49. The molecule has 5 heteroatoms. The monoisotopic (exact) mass is 246 g/mol. The molecule has 2 radical (unpaired) electrons.